The van der Waals surface area contributed by atoms with Crippen LogP contribution in [0.4, 0.5) is 5.13 Å². The van der Waals surface area contributed by atoms with Crippen LogP contribution in [0.5, 0.6) is 0 Å². The van der Waals surface area contributed by atoms with Crippen molar-refractivity contribution >= 4 is 16.5 Å². The van der Waals surface area contributed by atoms with Gasteiger partial charge in [-0.25, -0.2) is 4.98 Å². The maximum Gasteiger partial charge on any atom is 0.182 e. The molecule has 0 aliphatic carbocycles. The van der Waals surface area contributed by atoms with Crippen LogP contribution in [0.25, 0.3) is 0 Å². The molecule has 0 amide bonds. The second-order valence-corrected chi connectivity index (χ2v) is 4.10. The van der Waals surface area contributed by atoms with Crippen LogP contribution in [0, 0.1) is 6.92 Å². The lowest BCUT2D eigenvalue weighted by molar-refractivity contribution is -0.0818. The van der Waals surface area contributed by atoms with E-state index in [0.29, 0.717) is 19.8 Å². The van der Waals surface area contributed by atoms with Gasteiger partial charge in [0.2, 0.25) is 0 Å². The fourth-order valence-electron chi connectivity index (χ4n) is 1.29. The predicted octanol–water partition coefficient (Wildman–Crippen LogP) is 1.28. The van der Waals surface area contributed by atoms with Crippen molar-refractivity contribution in [3.05, 3.63) is 11.1 Å². The first-order chi connectivity index (χ1) is 6.84. The molecule has 1 unspecified atom stereocenters. The number of nitrogens with one attached hydrogen (secondary N) is 1. The summed E-state index contributed by atoms with van der Waals surface area (Å²) in [5, 5.41) is 6.22. The zero-order chi connectivity index (χ0) is 9.80. The molecule has 14 heavy (non-hydrogen) atoms. The first kappa shape index (κ1) is 9.89. The van der Waals surface area contributed by atoms with Gasteiger partial charge < -0.3 is 14.8 Å². The van der Waals surface area contributed by atoms with E-state index in [2.05, 4.69) is 10.3 Å². The number of aryl methyl sites for hydroxylation is 1. The molecule has 2 heterocycles. The largest absolute Gasteiger partial charge is 0.376 e. The van der Waals surface area contributed by atoms with Crippen molar-refractivity contribution in [2.75, 3.05) is 31.7 Å². The smallest absolute Gasteiger partial charge is 0.182 e. The van der Waals surface area contributed by atoms with Crippen molar-refractivity contribution in [3.63, 3.8) is 0 Å². The van der Waals surface area contributed by atoms with Gasteiger partial charge in [-0.15, -0.1) is 11.3 Å². The maximum atomic E-state index is 5.50. The van der Waals surface area contributed by atoms with E-state index in [1.807, 2.05) is 12.3 Å². The minimum Gasteiger partial charge on any atom is -0.376 e. The lowest BCUT2D eigenvalue weighted by atomic mass is 10.3. The minimum absolute atomic E-state index is 0.160. The lowest BCUT2D eigenvalue weighted by Gasteiger charge is -2.22. The molecule has 0 aromatic carbocycles. The Hall–Kier alpha value is -0.650. The van der Waals surface area contributed by atoms with Gasteiger partial charge >= 0.3 is 0 Å². The number of aromatic nitrogens is 1. The molecule has 1 aliphatic rings. The molecule has 1 N–H and O–H groups in total. The molecular formula is C9H14N2O2S. The van der Waals surface area contributed by atoms with Gasteiger partial charge in [-0.05, 0) is 6.92 Å². The van der Waals surface area contributed by atoms with Crippen LogP contribution in [0.3, 0.4) is 0 Å². The third-order valence-electron chi connectivity index (χ3n) is 1.98. The quantitative estimate of drug-likeness (QED) is 0.823. The van der Waals surface area contributed by atoms with Crippen LogP contribution < -0.4 is 5.32 Å². The fraction of sp³-hybridized carbons (Fsp3) is 0.667. The Morgan fingerprint density at radius 3 is 3.21 bits per heavy atom. The summed E-state index contributed by atoms with van der Waals surface area (Å²) in [5.41, 5.74) is 1.05. The van der Waals surface area contributed by atoms with Gasteiger partial charge in [0, 0.05) is 11.9 Å². The summed E-state index contributed by atoms with van der Waals surface area (Å²) in [4.78, 5) is 4.31. The van der Waals surface area contributed by atoms with Crippen LogP contribution in [0.1, 0.15) is 5.69 Å². The average Bonchev–Trinajstić information content (AvgIpc) is 2.63. The van der Waals surface area contributed by atoms with Crippen molar-refractivity contribution in [2.45, 2.75) is 13.0 Å². The molecule has 0 spiro atoms. The zero-order valence-corrected chi connectivity index (χ0v) is 8.97. The number of nitrogens with zero attached hydrogens (tertiary/aromatic N) is 1. The summed E-state index contributed by atoms with van der Waals surface area (Å²) < 4.78 is 10.8. The zero-order valence-electron chi connectivity index (χ0n) is 8.16. The molecule has 1 aromatic heterocycles. The Balaban J connectivity index is 1.76. The van der Waals surface area contributed by atoms with Gasteiger partial charge in [0.25, 0.3) is 0 Å². The van der Waals surface area contributed by atoms with E-state index in [9.17, 15) is 0 Å². The molecule has 1 saturated heterocycles. The first-order valence-corrected chi connectivity index (χ1v) is 5.58. The van der Waals surface area contributed by atoms with E-state index in [1.165, 1.54) is 0 Å². The molecule has 1 atom stereocenters. The topological polar surface area (TPSA) is 43.4 Å². The molecule has 78 valence electrons. The highest BCUT2D eigenvalue weighted by Gasteiger charge is 2.14. The second kappa shape index (κ2) is 4.72. The standard InChI is InChI=1S/C9H14N2O2S/c1-7-6-14-9(11-7)10-4-8-5-12-2-3-13-8/h6,8H,2-5H2,1H3,(H,10,11). The maximum absolute atomic E-state index is 5.50. The van der Waals surface area contributed by atoms with E-state index in [4.69, 9.17) is 9.47 Å². The summed E-state index contributed by atoms with van der Waals surface area (Å²) in [6, 6.07) is 0. The van der Waals surface area contributed by atoms with Gasteiger partial charge in [0.05, 0.1) is 31.6 Å². The third-order valence-corrected chi connectivity index (χ3v) is 2.90. The summed E-state index contributed by atoms with van der Waals surface area (Å²) in [7, 11) is 0. The molecule has 1 aliphatic heterocycles. The van der Waals surface area contributed by atoms with Crippen molar-refractivity contribution in [1.82, 2.24) is 4.98 Å². The van der Waals surface area contributed by atoms with E-state index < -0.39 is 0 Å². The normalized spacial score (nSPS) is 22.2. The summed E-state index contributed by atoms with van der Waals surface area (Å²) in [6.07, 6.45) is 0.160. The van der Waals surface area contributed by atoms with Crippen molar-refractivity contribution < 1.29 is 9.47 Å². The van der Waals surface area contributed by atoms with Gasteiger partial charge in [-0.3, -0.25) is 0 Å². The highest BCUT2D eigenvalue weighted by Crippen LogP contribution is 2.14. The van der Waals surface area contributed by atoms with Crippen molar-refractivity contribution in [2.24, 2.45) is 0 Å². The number of thiazole rings is 1. The van der Waals surface area contributed by atoms with Crippen LogP contribution in [0.2, 0.25) is 0 Å². The Labute approximate surface area is 87.3 Å². The van der Waals surface area contributed by atoms with E-state index in [1.54, 1.807) is 11.3 Å². The highest BCUT2D eigenvalue weighted by molar-refractivity contribution is 7.13. The van der Waals surface area contributed by atoms with Crippen molar-refractivity contribution in [1.29, 1.82) is 0 Å². The third kappa shape index (κ3) is 2.67. The second-order valence-electron chi connectivity index (χ2n) is 3.24. The number of hydrogen-bond donors (Lipinski definition) is 1. The number of hydrogen-bond acceptors (Lipinski definition) is 5. The Morgan fingerprint density at radius 2 is 2.57 bits per heavy atom. The summed E-state index contributed by atoms with van der Waals surface area (Å²) >= 11 is 1.62. The van der Waals surface area contributed by atoms with E-state index >= 15 is 0 Å². The van der Waals surface area contributed by atoms with Crippen molar-refractivity contribution in [3.8, 4) is 0 Å². The predicted molar refractivity (Wildman–Crippen MR) is 55.9 cm³/mol. The molecular weight excluding hydrogens is 200 g/mol. The molecule has 0 saturated carbocycles. The molecule has 0 radical (unpaired) electrons. The van der Waals surface area contributed by atoms with Gasteiger partial charge in [-0.1, -0.05) is 0 Å². The summed E-state index contributed by atoms with van der Waals surface area (Å²) in [6.45, 7) is 4.85. The Morgan fingerprint density at radius 1 is 1.64 bits per heavy atom. The number of ether oxygens (including phenoxy) is 2. The molecule has 5 heteroatoms. The molecule has 0 bridgehead atoms. The van der Waals surface area contributed by atoms with E-state index in [-0.39, 0.29) is 6.10 Å². The molecule has 1 aromatic rings. The molecule has 4 nitrogen and oxygen atoms in total. The number of rotatable bonds is 3. The average molecular weight is 214 g/mol. The molecule has 2 rings (SSSR count). The SMILES string of the molecule is Cc1csc(NCC2COCCO2)n1. The van der Waals surface area contributed by atoms with Crippen LogP contribution in [-0.2, 0) is 9.47 Å². The van der Waals surface area contributed by atoms with Gasteiger partial charge in [0.15, 0.2) is 5.13 Å². The lowest BCUT2D eigenvalue weighted by Crippen LogP contribution is -2.34. The Kier molecular flexibility index (Phi) is 3.34. The van der Waals surface area contributed by atoms with Crippen LogP contribution in [-0.4, -0.2) is 37.5 Å². The summed E-state index contributed by atoms with van der Waals surface area (Å²) in [5.74, 6) is 0. The number of anilines is 1. The van der Waals surface area contributed by atoms with Gasteiger partial charge in [-0.2, -0.15) is 0 Å². The minimum atomic E-state index is 0.160. The highest BCUT2D eigenvalue weighted by atomic mass is 32.1. The Bertz CT molecular complexity index is 284. The molecule has 1 fully saturated rings. The first-order valence-electron chi connectivity index (χ1n) is 4.70. The van der Waals surface area contributed by atoms with Gasteiger partial charge in [0.1, 0.15) is 0 Å². The van der Waals surface area contributed by atoms with Crippen LogP contribution in [0.15, 0.2) is 5.38 Å². The van der Waals surface area contributed by atoms with Crippen LogP contribution >= 0.6 is 11.3 Å². The monoisotopic (exact) mass is 214 g/mol. The van der Waals surface area contributed by atoms with E-state index in [0.717, 1.165) is 17.4 Å². The fourth-order valence-corrected chi connectivity index (χ4v) is 1.99.